The molecular formula is C35H44N4O4. The van der Waals surface area contributed by atoms with E-state index in [0.29, 0.717) is 24.3 Å². The van der Waals surface area contributed by atoms with Gasteiger partial charge >= 0.3 is 0 Å². The molecule has 1 fully saturated rings. The van der Waals surface area contributed by atoms with Crippen molar-refractivity contribution in [3.05, 3.63) is 83.4 Å². The molecule has 0 radical (unpaired) electrons. The molecule has 3 aromatic carbocycles. The average molecular weight is 585 g/mol. The maximum absolute atomic E-state index is 13.2. The SMILES string of the molecule is CC(=O)N1c2ccc(NC(=O)c3ccc(N(C)C)cc3)cc2C(C)(c2ccc(OCCN3CCOCC3)cc2)CC1(C)C. The van der Waals surface area contributed by atoms with Crippen molar-refractivity contribution in [2.45, 2.75) is 45.1 Å². The first-order chi connectivity index (χ1) is 20.5. The zero-order valence-electron chi connectivity index (χ0n) is 26.3. The number of hydrogen-bond donors (Lipinski definition) is 1. The van der Waals surface area contributed by atoms with Gasteiger partial charge < -0.3 is 24.6 Å². The Morgan fingerprint density at radius 2 is 1.63 bits per heavy atom. The molecule has 3 aromatic rings. The van der Waals surface area contributed by atoms with Gasteiger partial charge in [-0.25, -0.2) is 0 Å². The Morgan fingerprint density at radius 1 is 0.953 bits per heavy atom. The number of carbonyl (C=O) groups excluding carboxylic acids is 2. The third kappa shape index (κ3) is 6.55. The average Bonchev–Trinajstić information content (AvgIpc) is 2.97. The molecule has 0 spiro atoms. The lowest BCUT2D eigenvalue weighted by Gasteiger charge is -2.51. The number of benzene rings is 3. The summed E-state index contributed by atoms with van der Waals surface area (Å²) in [7, 11) is 3.94. The van der Waals surface area contributed by atoms with Crippen LogP contribution in [0.4, 0.5) is 17.1 Å². The van der Waals surface area contributed by atoms with E-state index in [-0.39, 0.29) is 11.8 Å². The van der Waals surface area contributed by atoms with E-state index >= 15 is 0 Å². The van der Waals surface area contributed by atoms with E-state index in [4.69, 9.17) is 9.47 Å². The molecule has 43 heavy (non-hydrogen) atoms. The molecule has 2 heterocycles. The molecule has 2 aliphatic heterocycles. The van der Waals surface area contributed by atoms with E-state index < -0.39 is 11.0 Å². The van der Waals surface area contributed by atoms with Crippen molar-refractivity contribution in [2.24, 2.45) is 0 Å². The Labute approximate surface area is 255 Å². The molecule has 2 aliphatic rings. The minimum absolute atomic E-state index is 0.00455. The highest BCUT2D eigenvalue weighted by molar-refractivity contribution is 6.05. The zero-order chi connectivity index (χ0) is 30.8. The molecule has 228 valence electrons. The topological polar surface area (TPSA) is 74.4 Å². The lowest BCUT2D eigenvalue weighted by Crippen LogP contribution is -2.55. The van der Waals surface area contributed by atoms with Gasteiger partial charge in [-0.15, -0.1) is 0 Å². The van der Waals surface area contributed by atoms with Crippen LogP contribution in [0.5, 0.6) is 5.75 Å². The summed E-state index contributed by atoms with van der Waals surface area (Å²) < 4.78 is 11.5. The van der Waals surface area contributed by atoms with E-state index in [1.54, 1.807) is 6.92 Å². The number of nitrogens with one attached hydrogen (secondary N) is 1. The predicted octanol–water partition coefficient (Wildman–Crippen LogP) is 5.56. The van der Waals surface area contributed by atoms with Gasteiger partial charge in [0.1, 0.15) is 12.4 Å². The summed E-state index contributed by atoms with van der Waals surface area (Å²) in [5.41, 5.74) is 4.48. The summed E-state index contributed by atoms with van der Waals surface area (Å²) in [6.07, 6.45) is 0.715. The normalized spacial score (nSPS) is 19.8. The van der Waals surface area contributed by atoms with Crippen molar-refractivity contribution in [1.29, 1.82) is 0 Å². The van der Waals surface area contributed by atoms with Crippen LogP contribution in [0.15, 0.2) is 66.7 Å². The maximum Gasteiger partial charge on any atom is 0.255 e. The highest BCUT2D eigenvalue weighted by atomic mass is 16.5. The first-order valence-electron chi connectivity index (χ1n) is 15.1. The molecule has 1 atom stereocenters. The van der Waals surface area contributed by atoms with Gasteiger partial charge in [0.05, 0.1) is 13.2 Å². The van der Waals surface area contributed by atoms with Gasteiger partial charge in [0.15, 0.2) is 0 Å². The number of nitrogens with zero attached hydrogens (tertiary/aromatic N) is 3. The number of amides is 2. The fraction of sp³-hybridized carbons (Fsp3) is 0.429. The molecule has 1 N–H and O–H groups in total. The molecule has 5 rings (SSSR count). The standard InChI is InChI=1S/C35H44N4O4/c1-25(40)39-32-16-11-28(36-33(41)26-7-12-29(13-8-26)37(5)6)23-31(32)35(4,24-34(39,2)3)27-9-14-30(15-10-27)43-22-19-38-17-20-42-21-18-38/h7-16,23H,17-22,24H2,1-6H3,(H,36,41). The van der Waals surface area contributed by atoms with Crippen molar-refractivity contribution in [1.82, 2.24) is 4.90 Å². The highest BCUT2D eigenvalue weighted by Gasteiger charge is 2.47. The molecule has 0 aromatic heterocycles. The molecule has 8 nitrogen and oxygen atoms in total. The van der Waals surface area contributed by atoms with Gasteiger partial charge in [-0.2, -0.15) is 0 Å². The van der Waals surface area contributed by atoms with Crippen LogP contribution in [0.25, 0.3) is 0 Å². The van der Waals surface area contributed by atoms with Crippen LogP contribution in [0, 0.1) is 0 Å². The quantitative estimate of drug-likeness (QED) is 0.374. The van der Waals surface area contributed by atoms with Gasteiger partial charge in [0.25, 0.3) is 5.91 Å². The minimum Gasteiger partial charge on any atom is -0.492 e. The summed E-state index contributed by atoms with van der Waals surface area (Å²) in [6.45, 7) is 13.0. The molecular weight excluding hydrogens is 540 g/mol. The second-order valence-corrected chi connectivity index (χ2v) is 12.6. The van der Waals surface area contributed by atoms with Crippen molar-refractivity contribution < 1.29 is 19.1 Å². The van der Waals surface area contributed by atoms with Gasteiger partial charge in [-0.3, -0.25) is 14.5 Å². The molecule has 1 unspecified atom stereocenters. The Kier molecular flexibility index (Phi) is 8.81. The van der Waals surface area contributed by atoms with Crippen LogP contribution in [-0.4, -0.2) is 75.8 Å². The summed E-state index contributed by atoms with van der Waals surface area (Å²) in [6, 6.07) is 21.7. The zero-order valence-corrected chi connectivity index (χ0v) is 26.3. The van der Waals surface area contributed by atoms with Gasteiger partial charge in [-0.1, -0.05) is 19.1 Å². The Hall–Kier alpha value is -3.88. The second kappa shape index (κ2) is 12.4. The molecule has 1 saturated heterocycles. The highest BCUT2D eigenvalue weighted by Crippen LogP contribution is 2.51. The number of carbonyl (C=O) groups is 2. The monoisotopic (exact) mass is 584 g/mol. The first kappa shape index (κ1) is 30.6. The molecule has 0 bridgehead atoms. The van der Waals surface area contributed by atoms with Gasteiger partial charge in [0, 0.05) is 74.2 Å². The Morgan fingerprint density at radius 3 is 2.26 bits per heavy atom. The fourth-order valence-electron chi connectivity index (χ4n) is 6.62. The number of fused-ring (bicyclic) bond motifs is 1. The number of morpholine rings is 1. The van der Waals surface area contributed by atoms with E-state index in [0.717, 1.165) is 61.1 Å². The van der Waals surface area contributed by atoms with Crippen LogP contribution in [0.3, 0.4) is 0 Å². The molecule has 0 aliphatic carbocycles. The van der Waals surface area contributed by atoms with Crippen LogP contribution >= 0.6 is 0 Å². The lowest BCUT2D eigenvalue weighted by atomic mass is 9.65. The minimum atomic E-state index is -0.417. The smallest absolute Gasteiger partial charge is 0.255 e. The third-order valence-electron chi connectivity index (χ3n) is 8.71. The number of anilines is 3. The van der Waals surface area contributed by atoms with E-state index in [2.05, 4.69) is 43.1 Å². The van der Waals surface area contributed by atoms with Crippen LogP contribution in [0.1, 0.15) is 55.6 Å². The van der Waals surface area contributed by atoms with Gasteiger partial charge in [0.2, 0.25) is 5.91 Å². The van der Waals surface area contributed by atoms with E-state index in [1.165, 1.54) is 0 Å². The van der Waals surface area contributed by atoms with Crippen molar-refractivity contribution in [2.75, 3.05) is 68.7 Å². The summed E-state index contributed by atoms with van der Waals surface area (Å²) in [4.78, 5) is 32.4. The van der Waals surface area contributed by atoms with Crippen molar-refractivity contribution in [3.63, 3.8) is 0 Å². The number of hydrogen-bond acceptors (Lipinski definition) is 6. The van der Waals surface area contributed by atoms with Crippen LogP contribution in [0.2, 0.25) is 0 Å². The molecule has 8 heteroatoms. The van der Waals surface area contributed by atoms with Gasteiger partial charge in [-0.05, 0) is 86.0 Å². The van der Waals surface area contributed by atoms with Crippen LogP contribution in [-0.2, 0) is 14.9 Å². The first-order valence-corrected chi connectivity index (χ1v) is 15.1. The summed E-state index contributed by atoms with van der Waals surface area (Å²) in [5.74, 6) is 0.655. The summed E-state index contributed by atoms with van der Waals surface area (Å²) in [5, 5.41) is 3.08. The predicted molar refractivity (Wildman–Crippen MR) is 173 cm³/mol. The lowest BCUT2D eigenvalue weighted by molar-refractivity contribution is -0.117. The molecule has 0 saturated carbocycles. The Bertz CT molecular complexity index is 1450. The number of rotatable bonds is 8. The maximum atomic E-state index is 13.2. The second-order valence-electron chi connectivity index (χ2n) is 12.6. The van der Waals surface area contributed by atoms with E-state index in [1.807, 2.05) is 78.5 Å². The molecule has 2 amide bonds. The van der Waals surface area contributed by atoms with Crippen molar-refractivity contribution >= 4 is 28.9 Å². The van der Waals surface area contributed by atoms with Crippen molar-refractivity contribution in [3.8, 4) is 5.75 Å². The third-order valence-corrected chi connectivity index (χ3v) is 8.71. The largest absolute Gasteiger partial charge is 0.492 e. The Balaban J connectivity index is 1.41. The summed E-state index contributed by atoms with van der Waals surface area (Å²) >= 11 is 0. The van der Waals surface area contributed by atoms with Crippen LogP contribution < -0.4 is 19.9 Å². The van der Waals surface area contributed by atoms with E-state index in [9.17, 15) is 9.59 Å². The fourth-order valence-corrected chi connectivity index (χ4v) is 6.62. The number of ether oxygens (including phenoxy) is 2.